The third-order valence-electron chi connectivity index (χ3n) is 4.07. The van der Waals surface area contributed by atoms with Gasteiger partial charge in [0, 0.05) is 13.1 Å². The third kappa shape index (κ3) is 4.33. The van der Waals surface area contributed by atoms with Crippen LogP contribution in [0.25, 0.3) is 11.0 Å². The van der Waals surface area contributed by atoms with Crippen LogP contribution >= 0.6 is 23.2 Å². The van der Waals surface area contributed by atoms with Crippen LogP contribution in [0.15, 0.2) is 42.5 Å². The Hall–Kier alpha value is -2.04. The number of amides is 1. The zero-order valence-electron chi connectivity index (χ0n) is 13.9. The number of nitrogens with zero attached hydrogens (tertiary/aromatic N) is 2. The van der Waals surface area contributed by atoms with Crippen LogP contribution in [-0.4, -0.2) is 22.0 Å². The number of aryl methyl sites for hydroxylation is 2. The Bertz CT molecular complexity index is 905. The molecule has 0 saturated carbocycles. The van der Waals surface area contributed by atoms with Gasteiger partial charge in [0.2, 0.25) is 5.91 Å². The molecule has 0 aliphatic heterocycles. The van der Waals surface area contributed by atoms with Crippen molar-refractivity contribution in [3.05, 3.63) is 63.9 Å². The van der Waals surface area contributed by atoms with Gasteiger partial charge >= 0.3 is 0 Å². The van der Waals surface area contributed by atoms with E-state index in [1.54, 1.807) is 12.1 Å². The van der Waals surface area contributed by atoms with Crippen molar-refractivity contribution in [2.75, 3.05) is 6.54 Å². The van der Waals surface area contributed by atoms with E-state index in [1.165, 1.54) is 0 Å². The van der Waals surface area contributed by atoms with Crippen LogP contribution in [0.5, 0.6) is 0 Å². The molecule has 1 aromatic heterocycles. The van der Waals surface area contributed by atoms with Crippen molar-refractivity contribution in [2.45, 2.75) is 26.3 Å². The molecule has 0 unspecified atom stereocenters. The van der Waals surface area contributed by atoms with Gasteiger partial charge in [-0.2, -0.15) is 0 Å². The summed E-state index contributed by atoms with van der Waals surface area (Å²) in [4.78, 5) is 16.6. The van der Waals surface area contributed by atoms with Gasteiger partial charge in [-0.25, -0.2) is 4.98 Å². The zero-order valence-corrected chi connectivity index (χ0v) is 15.4. The van der Waals surface area contributed by atoms with E-state index in [9.17, 15) is 4.79 Å². The summed E-state index contributed by atoms with van der Waals surface area (Å²) in [5.74, 6) is 0.967. The van der Waals surface area contributed by atoms with Gasteiger partial charge in [0.15, 0.2) is 0 Å². The number of carbonyl (C=O) groups excluding carboxylic acids is 1. The van der Waals surface area contributed by atoms with Crippen LogP contribution in [0.3, 0.4) is 0 Å². The summed E-state index contributed by atoms with van der Waals surface area (Å²) in [6.07, 6.45) is 1.14. The zero-order chi connectivity index (χ0) is 17.8. The molecular formula is C19H19Cl2N3O. The molecule has 0 fully saturated rings. The van der Waals surface area contributed by atoms with E-state index < -0.39 is 0 Å². The van der Waals surface area contributed by atoms with Gasteiger partial charge in [0.05, 0.1) is 27.5 Å². The molecule has 0 saturated heterocycles. The third-order valence-corrected chi connectivity index (χ3v) is 4.81. The lowest BCUT2D eigenvalue weighted by Crippen LogP contribution is -2.26. The summed E-state index contributed by atoms with van der Waals surface area (Å²) in [7, 11) is 0. The van der Waals surface area contributed by atoms with Crippen molar-refractivity contribution in [3.8, 4) is 0 Å². The van der Waals surface area contributed by atoms with Crippen molar-refractivity contribution in [1.29, 1.82) is 0 Å². The first-order valence-electron chi connectivity index (χ1n) is 8.17. The topological polar surface area (TPSA) is 46.9 Å². The minimum atomic E-state index is -0.0226. The van der Waals surface area contributed by atoms with Crippen LogP contribution in [0.4, 0.5) is 0 Å². The maximum Gasteiger partial charge on any atom is 0.224 e. The number of hydrogen-bond donors (Lipinski definition) is 1. The SMILES string of the molecule is Cc1nc2ccccc2n1CCCNC(=O)Cc1ccc(Cl)c(Cl)c1. The molecule has 0 spiro atoms. The first kappa shape index (κ1) is 17.8. The summed E-state index contributed by atoms with van der Waals surface area (Å²) in [6, 6.07) is 13.3. The molecule has 25 heavy (non-hydrogen) atoms. The fourth-order valence-corrected chi connectivity index (χ4v) is 3.16. The van der Waals surface area contributed by atoms with E-state index in [2.05, 4.69) is 20.9 Å². The minimum absolute atomic E-state index is 0.0226. The molecule has 0 atom stereocenters. The standard InChI is InChI=1S/C19H19Cl2N3O/c1-13-23-17-5-2-3-6-18(17)24(13)10-4-9-22-19(25)12-14-7-8-15(20)16(21)11-14/h2-3,5-8,11H,4,9-10,12H2,1H3,(H,22,25). The highest BCUT2D eigenvalue weighted by Crippen LogP contribution is 2.22. The first-order chi connectivity index (χ1) is 12.0. The van der Waals surface area contributed by atoms with Crippen molar-refractivity contribution >= 4 is 40.1 Å². The van der Waals surface area contributed by atoms with Crippen LogP contribution < -0.4 is 5.32 Å². The number of benzene rings is 2. The van der Waals surface area contributed by atoms with Crippen LogP contribution in [0, 0.1) is 6.92 Å². The fourth-order valence-electron chi connectivity index (χ4n) is 2.84. The Balaban J connectivity index is 1.50. The van der Waals surface area contributed by atoms with Crippen molar-refractivity contribution in [1.82, 2.24) is 14.9 Å². The molecule has 130 valence electrons. The number of nitrogens with one attached hydrogen (secondary N) is 1. The van der Waals surface area contributed by atoms with Gasteiger partial charge < -0.3 is 9.88 Å². The van der Waals surface area contributed by atoms with Gasteiger partial charge in [-0.3, -0.25) is 4.79 Å². The van der Waals surface area contributed by atoms with Crippen molar-refractivity contribution in [2.24, 2.45) is 0 Å². The number of para-hydroxylation sites is 2. The monoisotopic (exact) mass is 375 g/mol. The lowest BCUT2D eigenvalue weighted by atomic mass is 10.1. The summed E-state index contributed by atoms with van der Waals surface area (Å²) < 4.78 is 2.18. The molecule has 4 nitrogen and oxygen atoms in total. The van der Waals surface area contributed by atoms with Gasteiger partial charge in [0.25, 0.3) is 0 Å². The van der Waals surface area contributed by atoms with Gasteiger partial charge in [-0.1, -0.05) is 41.4 Å². The maximum atomic E-state index is 12.0. The maximum absolute atomic E-state index is 12.0. The number of aromatic nitrogens is 2. The molecule has 1 heterocycles. The lowest BCUT2D eigenvalue weighted by Gasteiger charge is -2.09. The predicted molar refractivity (Wildman–Crippen MR) is 102 cm³/mol. The summed E-state index contributed by atoms with van der Waals surface area (Å²) in [5.41, 5.74) is 2.98. The summed E-state index contributed by atoms with van der Waals surface area (Å²) in [5, 5.41) is 3.91. The second-order valence-electron chi connectivity index (χ2n) is 5.93. The highest BCUT2D eigenvalue weighted by molar-refractivity contribution is 6.42. The number of rotatable bonds is 6. The second-order valence-corrected chi connectivity index (χ2v) is 6.74. The second kappa shape index (κ2) is 7.89. The molecule has 3 rings (SSSR count). The number of imidazole rings is 1. The Labute approximate surface area is 156 Å². The molecule has 0 bridgehead atoms. The predicted octanol–water partition coefficient (Wildman–Crippen LogP) is 4.40. The Morgan fingerprint density at radius 2 is 1.96 bits per heavy atom. The van der Waals surface area contributed by atoms with Crippen LogP contribution in [0.2, 0.25) is 10.0 Å². The minimum Gasteiger partial charge on any atom is -0.356 e. The molecular weight excluding hydrogens is 357 g/mol. The molecule has 1 amide bonds. The van der Waals surface area contributed by atoms with E-state index in [0.717, 1.165) is 35.4 Å². The van der Waals surface area contributed by atoms with Gasteiger partial charge in [-0.15, -0.1) is 0 Å². The molecule has 2 aromatic carbocycles. The summed E-state index contributed by atoms with van der Waals surface area (Å²) >= 11 is 11.9. The smallest absolute Gasteiger partial charge is 0.224 e. The van der Waals surface area contributed by atoms with Gasteiger partial charge in [0.1, 0.15) is 5.82 Å². The number of halogens is 2. The van der Waals surface area contributed by atoms with E-state index in [-0.39, 0.29) is 5.91 Å². The molecule has 0 radical (unpaired) electrons. The average molecular weight is 376 g/mol. The molecule has 0 aliphatic rings. The van der Waals surface area contributed by atoms with Crippen LogP contribution in [-0.2, 0) is 17.8 Å². The van der Waals surface area contributed by atoms with E-state index in [1.807, 2.05) is 31.2 Å². The highest BCUT2D eigenvalue weighted by Gasteiger charge is 2.08. The fraction of sp³-hybridized carbons (Fsp3) is 0.263. The molecule has 6 heteroatoms. The first-order valence-corrected chi connectivity index (χ1v) is 8.92. The molecule has 0 aliphatic carbocycles. The molecule has 3 aromatic rings. The van der Waals surface area contributed by atoms with Crippen LogP contribution in [0.1, 0.15) is 17.8 Å². The largest absolute Gasteiger partial charge is 0.356 e. The lowest BCUT2D eigenvalue weighted by molar-refractivity contribution is -0.120. The normalized spacial score (nSPS) is 11.0. The van der Waals surface area contributed by atoms with E-state index in [4.69, 9.17) is 23.2 Å². The molecule has 1 N–H and O–H groups in total. The summed E-state index contributed by atoms with van der Waals surface area (Å²) in [6.45, 7) is 3.44. The van der Waals surface area contributed by atoms with E-state index in [0.29, 0.717) is 23.0 Å². The van der Waals surface area contributed by atoms with Crippen molar-refractivity contribution in [3.63, 3.8) is 0 Å². The van der Waals surface area contributed by atoms with E-state index >= 15 is 0 Å². The average Bonchev–Trinajstić information content (AvgIpc) is 2.90. The van der Waals surface area contributed by atoms with Crippen molar-refractivity contribution < 1.29 is 4.79 Å². The number of hydrogen-bond acceptors (Lipinski definition) is 2. The van der Waals surface area contributed by atoms with Gasteiger partial charge in [-0.05, 0) is 43.2 Å². The number of fused-ring (bicyclic) bond motifs is 1. The quantitative estimate of drug-likeness (QED) is 0.649. The Kier molecular flexibility index (Phi) is 5.61. The highest BCUT2D eigenvalue weighted by atomic mass is 35.5. The Morgan fingerprint density at radius 3 is 2.76 bits per heavy atom. The Morgan fingerprint density at radius 1 is 1.16 bits per heavy atom. The number of carbonyl (C=O) groups is 1.